The van der Waals surface area contributed by atoms with Crippen molar-refractivity contribution in [1.29, 1.82) is 0 Å². The molecule has 1 aliphatic rings. The maximum absolute atomic E-state index is 3.98. The van der Waals surface area contributed by atoms with Gasteiger partial charge in [0, 0.05) is 32.2 Å². The third-order valence-corrected chi connectivity index (χ3v) is 2.86. The Bertz CT molecular complexity index is 327. The van der Waals surface area contributed by atoms with Gasteiger partial charge in [-0.2, -0.15) is 5.10 Å². The van der Waals surface area contributed by atoms with Crippen molar-refractivity contribution in [2.45, 2.75) is 12.5 Å². The average molecular weight is 207 g/mol. The number of anilines is 2. The molecule has 1 atom stereocenters. The molecular weight excluding hydrogens is 190 g/mol. The number of likely N-dealkylation sites (N-methyl/N-ethyl adjacent to an activating group) is 1. The summed E-state index contributed by atoms with van der Waals surface area (Å²) >= 11 is 0. The van der Waals surface area contributed by atoms with E-state index in [-0.39, 0.29) is 0 Å². The summed E-state index contributed by atoms with van der Waals surface area (Å²) in [4.78, 5) is 2.33. The monoisotopic (exact) mass is 207 g/mol. The highest BCUT2D eigenvalue weighted by molar-refractivity contribution is 5.52. The van der Waals surface area contributed by atoms with Gasteiger partial charge in [-0.3, -0.25) is 0 Å². The Balaban J connectivity index is 2.09. The van der Waals surface area contributed by atoms with Crippen molar-refractivity contribution in [3.63, 3.8) is 0 Å². The number of aromatic nitrogens is 2. The summed E-state index contributed by atoms with van der Waals surface area (Å²) in [6, 6.07) is 2.63. The van der Waals surface area contributed by atoms with Gasteiger partial charge in [-0.25, -0.2) is 0 Å². The summed E-state index contributed by atoms with van der Waals surface area (Å²) in [5.74, 6) is 0.820. The van der Waals surface area contributed by atoms with Crippen LogP contribution in [0.3, 0.4) is 0 Å². The zero-order valence-corrected chi connectivity index (χ0v) is 9.20. The van der Waals surface area contributed by atoms with Gasteiger partial charge in [0.25, 0.3) is 0 Å². The summed E-state index contributed by atoms with van der Waals surface area (Å²) in [5.41, 5.74) is 1.15. The Labute approximate surface area is 89.9 Å². The first-order valence-corrected chi connectivity index (χ1v) is 5.26. The van der Waals surface area contributed by atoms with Crippen LogP contribution in [0.15, 0.2) is 12.3 Å². The van der Waals surface area contributed by atoms with E-state index in [9.17, 15) is 0 Å². The molecule has 0 radical (unpaired) electrons. The topological polar surface area (TPSA) is 53.1 Å². The lowest BCUT2D eigenvalue weighted by atomic mass is 10.3. The van der Waals surface area contributed by atoms with Crippen molar-refractivity contribution in [2.75, 3.05) is 37.4 Å². The Morgan fingerprint density at radius 1 is 1.47 bits per heavy atom. The van der Waals surface area contributed by atoms with Crippen LogP contribution in [0.5, 0.6) is 0 Å². The quantitative estimate of drug-likeness (QED) is 0.747. The van der Waals surface area contributed by atoms with Crippen LogP contribution in [0, 0.1) is 0 Å². The molecule has 1 aliphatic heterocycles. The van der Waals surface area contributed by atoms with Crippen LogP contribution in [-0.4, -0.2) is 43.4 Å². The zero-order chi connectivity index (χ0) is 10.7. The predicted octanol–water partition coefficient (Wildman–Crippen LogP) is 0.316. The summed E-state index contributed by atoms with van der Waals surface area (Å²) in [5, 5.41) is 14.2. The fourth-order valence-electron chi connectivity index (χ4n) is 1.88. The first-order valence-electron chi connectivity index (χ1n) is 5.26. The van der Waals surface area contributed by atoms with Crippen molar-refractivity contribution >= 4 is 11.5 Å². The van der Waals surface area contributed by atoms with Crippen LogP contribution in [-0.2, 0) is 0 Å². The van der Waals surface area contributed by atoms with E-state index in [2.05, 4.69) is 25.7 Å². The van der Waals surface area contributed by atoms with Gasteiger partial charge in [0.1, 0.15) is 5.82 Å². The van der Waals surface area contributed by atoms with E-state index in [0.717, 1.165) is 24.6 Å². The molecule has 15 heavy (non-hydrogen) atoms. The Morgan fingerprint density at radius 3 is 3.00 bits per heavy atom. The number of hydrogen-bond acceptors (Lipinski definition) is 5. The number of rotatable bonds is 3. The summed E-state index contributed by atoms with van der Waals surface area (Å²) in [6.45, 7) is 2.13. The van der Waals surface area contributed by atoms with E-state index in [1.165, 1.54) is 6.42 Å². The SMILES string of the molecule is CNc1cc(N2CC[C@H](NC)C2)cnn1. The third-order valence-electron chi connectivity index (χ3n) is 2.86. The molecule has 0 aromatic carbocycles. The molecule has 5 heteroatoms. The van der Waals surface area contributed by atoms with Crippen LogP contribution in [0.4, 0.5) is 11.5 Å². The lowest BCUT2D eigenvalue weighted by Crippen LogP contribution is -2.29. The summed E-state index contributed by atoms with van der Waals surface area (Å²) in [7, 11) is 3.87. The molecule has 5 nitrogen and oxygen atoms in total. The molecular formula is C10H17N5. The third kappa shape index (κ3) is 2.18. The van der Waals surface area contributed by atoms with Crippen molar-refractivity contribution < 1.29 is 0 Å². The van der Waals surface area contributed by atoms with Crippen LogP contribution in [0.25, 0.3) is 0 Å². The van der Waals surface area contributed by atoms with E-state index in [4.69, 9.17) is 0 Å². The van der Waals surface area contributed by atoms with Crippen molar-refractivity contribution in [2.24, 2.45) is 0 Å². The second-order valence-electron chi connectivity index (χ2n) is 3.77. The highest BCUT2D eigenvalue weighted by atomic mass is 15.2. The van der Waals surface area contributed by atoms with E-state index in [0.29, 0.717) is 6.04 Å². The molecule has 2 rings (SSSR count). The fourth-order valence-corrected chi connectivity index (χ4v) is 1.88. The molecule has 2 N–H and O–H groups in total. The minimum atomic E-state index is 0.594. The van der Waals surface area contributed by atoms with E-state index >= 15 is 0 Å². The van der Waals surface area contributed by atoms with Gasteiger partial charge in [-0.1, -0.05) is 0 Å². The lowest BCUT2D eigenvalue weighted by molar-refractivity contribution is 0.617. The minimum absolute atomic E-state index is 0.594. The van der Waals surface area contributed by atoms with Crippen molar-refractivity contribution in [1.82, 2.24) is 15.5 Å². The van der Waals surface area contributed by atoms with Gasteiger partial charge in [-0.05, 0) is 13.5 Å². The normalized spacial score (nSPS) is 20.7. The highest BCUT2D eigenvalue weighted by Crippen LogP contribution is 2.20. The molecule has 0 spiro atoms. The van der Waals surface area contributed by atoms with Gasteiger partial charge >= 0.3 is 0 Å². The maximum Gasteiger partial charge on any atom is 0.150 e. The van der Waals surface area contributed by atoms with Gasteiger partial charge < -0.3 is 15.5 Å². The van der Waals surface area contributed by atoms with E-state index < -0.39 is 0 Å². The van der Waals surface area contributed by atoms with Crippen molar-refractivity contribution in [3.05, 3.63) is 12.3 Å². The smallest absolute Gasteiger partial charge is 0.150 e. The largest absolute Gasteiger partial charge is 0.372 e. The first kappa shape index (κ1) is 10.2. The molecule has 0 bridgehead atoms. The van der Waals surface area contributed by atoms with E-state index in [1.54, 1.807) is 0 Å². The highest BCUT2D eigenvalue weighted by Gasteiger charge is 2.21. The maximum atomic E-state index is 3.98. The zero-order valence-electron chi connectivity index (χ0n) is 9.20. The molecule has 0 aliphatic carbocycles. The molecule has 0 unspecified atom stereocenters. The minimum Gasteiger partial charge on any atom is -0.372 e. The Kier molecular flexibility index (Phi) is 3.01. The molecule has 1 aromatic rings. The van der Waals surface area contributed by atoms with Crippen LogP contribution >= 0.6 is 0 Å². The van der Waals surface area contributed by atoms with Gasteiger partial charge in [0.15, 0.2) is 0 Å². The van der Waals surface area contributed by atoms with Crippen LogP contribution < -0.4 is 15.5 Å². The van der Waals surface area contributed by atoms with Crippen LogP contribution in [0.1, 0.15) is 6.42 Å². The Morgan fingerprint density at radius 2 is 2.33 bits per heavy atom. The Hall–Kier alpha value is -1.36. The molecule has 1 saturated heterocycles. The molecule has 1 fully saturated rings. The molecule has 0 saturated carbocycles. The van der Waals surface area contributed by atoms with Crippen molar-refractivity contribution in [3.8, 4) is 0 Å². The van der Waals surface area contributed by atoms with Gasteiger partial charge in [0.2, 0.25) is 0 Å². The van der Waals surface area contributed by atoms with E-state index in [1.807, 2.05) is 26.4 Å². The fraction of sp³-hybridized carbons (Fsp3) is 0.600. The van der Waals surface area contributed by atoms with Gasteiger partial charge in [0.05, 0.1) is 11.9 Å². The number of hydrogen-bond donors (Lipinski definition) is 2. The molecule has 0 amide bonds. The molecule has 82 valence electrons. The van der Waals surface area contributed by atoms with Crippen LogP contribution in [0.2, 0.25) is 0 Å². The second kappa shape index (κ2) is 4.44. The standard InChI is InChI=1S/C10H17N5/c1-11-8-3-4-15(7-8)9-5-10(12-2)14-13-6-9/h5-6,8,11H,3-4,7H2,1-2H3,(H,12,14)/t8-/m0/s1. The summed E-state index contributed by atoms with van der Waals surface area (Å²) in [6.07, 6.45) is 3.01. The predicted molar refractivity (Wildman–Crippen MR) is 61.3 cm³/mol. The second-order valence-corrected chi connectivity index (χ2v) is 3.77. The van der Waals surface area contributed by atoms with Gasteiger partial charge in [-0.15, -0.1) is 5.10 Å². The number of nitrogens with one attached hydrogen (secondary N) is 2. The summed E-state index contributed by atoms with van der Waals surface area (Å²) < 4.78 is 0. The first-order chi connectivity index (χ1) is 7.33. The molecule has 2 heterocycles. The lowest BCUT2D eigenvalue weighted by Gasteiger charge is -2.18. The number of nitrogens with zero attached hydrogens (tertiary/aromatic N) is 3. The average Bonchev–Trinajstić information content (AvgIpc) is 2.78. The molecule has 1 aromatic heterocycles.